The number of aryl methyl sites for hydroxylation is 1. The fourth-order valence-electron chi connectivity index (χ4n) is 3.34. The van der Waals surface area contributed by atoms with Crippen LogP contribution in [-0.2, 0) is 6.42 Å². The second-order valence-corrected chi connectivity index (χ2v) is 7.86. The largest absolute Gasteiger partial charge is 0.388 e. The molecule has 0 amide bonds. The third-order valence-electron chi connectivity index (χ3n) is 4.24. The first-order chi connectivity index (χ1) is 9.80. The third kappa shape index (κ3) is 2.56. The molecule has 1 atom stereocenters. The number of aromatic nitrogens is 1. The van der Waals surface area contributed by atoms with Gasteiger partial charge in [0.25, 0.3) is 0 Å². The molecule has 0 spiro atoms. The first-order valence-corrected chi connectivity index (χ1v) is 8.31. The van der Waals surface area contributed by atoms with Crippen molar-refractivity contribution in [1.29, 1.82) is 0 Å². The second kappa shape index (κ2) is 5.15. The summed E-state index contributed by atoms with van der Waals surface area (Å²) in [5.74, 6) is 0. The van der Waals surface area contributed by atoms with Crippen LogP contribution in [0.2, 0.25) is 5.02 Å². The monoisotopic (exact) mass is 367 g/mol. The fraction of sp³-hybridized carbons (Fsp3) is 0.412. The van der Waals surface area contributed by atoms with Gasteiger partial charge in [0.2, 0.25) is 0 Å². The van der Waals surface area contributed by atoms with Gasteiger partial charge < -0.3 is 9.67 Å². The molecule has 1 aromatic heterocycles. The summed E-state index contributed by atoms with van der Waals surface area (Å²) >= 11 is 9.83. The van der Waals surface area contributed by atoms with Crippen LogP contribution in [-0.4, -0.2) is 9.67 Å². The minimum atomic E-state index is -0.387. The summed E-state index contributed by atoms with van der Waals surface area (Å²) in [6.07, 6.45) is 1.37. The Morgan fingerprint density at radius 1 is 1.38 bits per heavy atom. The first kappa shape index (κ1) is 15.1. The van der Waals surface area contributed by atoms with Crippen LogP contribution in [0, 0.1) is 12.3 Å². The van der Waals surface area contributed by atoms with Crippen LogP contribution in [0.15, 0.2) is 28.7 Å². The highest BCUT2D eigenvalue weighted by molar-refractivity contribution is 9.10. The molecular formula is C17H19BrClNO. The predicted octanol–water partition coefficient (Wildman–Crippen LogP) is 5.21. The van der Waals surface area contributed by atoms with Crippen molar-refractivity contribution in [2.24, 2.45) is 5.41 Å². The van der Waals surface area contributed by atoms with E-state index in [9.17, 15) is 5.11 Å². The number of hydrogen-bond acceptors (Lipinski definition) is 1. The van der Waals surface area contributed by atoms with Crippen molar-refractivity contribution in [3.8, 4) is 5.69 Å². The van der Waals surface area contributed by atoms with Crippen molar-refractivity contribution < 1.29 is 5.11 Å². The lowest BCUT2D eigenvalue weighted by Gasteiger charge is -2.34. The van der Waals surface area contributed by atoms with E-state index in [1.807, 2.05) is 12.1 Å². The maximum atomic E-state index is 10.5. The summed E-state index contributed by atoms with van der Waals surface area (Å²) in [5, 5.41) is 11.2. The number of aliphatic hydroxyl groups is 1. The van der Waals surface area contributed by atoms with Gasteiger partial charge in [-0.15, -0.1) is 0 Å². The Labute approximate surface area is 138 Å². The van der Waals surface area contributed by atoms with E-state index in [1.165, 1.54) is 5.69 Å². The van der Waals surface area contributed by atoms with Crippen molar-refractivity contribution in [3.63, 3.8) is 0 Å². The number of rotatable bonds is 1. The number of fused-ring (bicyclic) bond motifs is 1. The zero-order valence-corrected chi connectivity index (χ0v) is 14.8. The third-order valence-corrected chi connectivity index (χ3v) is 5.62. The summed E-state index contributed by atoms with van der Waals surface area (Å²) in [5.41, 5.74) is 4.50. The lowest BCUT2D eigenvalue weighted by atomic mass is 9.75. The molecule has 1 unspecified atom stereocenters. The van der Waals surface area contributed by atoms with E-state index in [2.05, 4.69) is 53.4 Å². The average molecular weight is 369 g/mol. The Morgan fingerprint density at radius 3 is 2.81 bits per heavy atom. The molecule has 4 heteroatoms. The van der Waals surface area contributed by atoms with E-state index in [1.54, 1.807) is 0 Å². The van der Waals surface area contributed by atoms with E-state index < -0.39 is 0 Å². The van der Waals surface area contributed by atoms with Crippen LogP contribution in [0.5, 0.6) is 0 Å². The highest BCUT2D eigenvalue weighted by atomic mass is 79.9. The standard InChI is InChI=1S/C17H19BrClNO/c1-10-7-11-14(8-17(2,3)9-15(11)21)20(10)13-6-4-5-12(19)16(13)18/h4-7,15,21H,8-9H2,1-3H3. The number of nitrogens with zero attached hydrogens (tertiary/aromatic N) is 1. The molecule has 1 aliphatic rings. The van der Waals surface area contributed by atoms with Gasteiger partial charge in [0, 0.05) is 17.0 Å². The maximum absolute atomic E-state index is 10.5. The van der Waals surface area contributed by atoms with Crippen LogP contribution in [0.25, 0.3) is 5.69 Å². The molecule has 2 nitrogen and oxygen atoms in total. The summed E-state index contributed by atoms with van der Waals surface area (Å²) in [4.78, 5) is 0. The Morgan fingerprint density at radius 2 is 2.10 bits per heavy atom. The lowest BCUT2D eigenvalue weighted by Crippen LogP contribution is -2.26. The van der Waals surface area contributed by atoms with Gasteiger partial charge in [0.05, 0.1) is 21.3 Å². The van der Waals surface area contributed by atoms with Gasteiger partial charge in [-0.05, 0) is 59.3 Å². The normalized spacial score (nSPS) is 20.4. The summed E-state index contributed by atoms with van der Waals surface area (Å²) in [7, 11) is 0. The molecule has 0 radical (unpaired) electrons. The molecule has 0 aliphatic heterocycles. The summed E-state index contributed by atoms with van der Waals surface area (Å²) in [6.45, 7) is 6.49. The van der Waals surface area contributed by atoms with Crippen molar-refractivity contribution in [2.75, 3.05) is 0 Å². The van der Waals surface area contributed by atoms with Crippen LogP contribution >= 0.6 is 27.5 Å². The van der Waals surface area contributed by atoms with Gasteiger partial charge in [0.15, 0.2) is 0 Å². The summed E-state index contributed by atoms with van der Waals surface area (Å²) in [6, 6.07) is 7.98. The van der Waals surface area contributed by atoms with Crippen molar-refractivity contribution in [2.45, 2.75) is 39.7 Å². The zero-order chi connectivity index (χ0) is 15.4. The first-order valence-electron chi connectivity index (χ1n) is 7.14. The SMILES string of the molecule is Cc1cc2c(n1-c1cccc(Cl)c1Br)CC(C)(C)CC2O. The van der Waals surface area contributed by atoms with Gasteiger partial charge in [-0.1, -0.05) is 31.5 Å². The van der Waals surface area contributed by atoms with Crippen molar-refractivity contribution >= 4 is 27.5 Å². The molecule has 3 rings (SSSR count). The number of halogens is 2. The molecular weight excluding hydrogens is 350 g/mol. The molecule has 1 N–H and O–H groups in total. The minimum Gasteiger partial charge on any atom is -0.388 e. The molecule has 2 aromatic rings. The maximum Gasteiger partial charge on any atom is 0.0812 e. The van der Waals surface area contributed by atoms with Crippen LogP contribution in [0.1, 0.15) is 43.3 Å². The Kier molecular flexibility index (Phi) is 3.71. The molecule has 0 fully saturated rings. The minimum absolute atomic E-state index is 0.0972. The quantitative estimate of drug-likeness (QED) is 0.734. The van der Waals surface area contributed by atoms with Crippen molar-refractivity contribution in [1.82, 2.24) is 4.57 Å². The van der Waals surface area contributed by atoms with Gasteiger partial charge >= 0.3 is 0 Å². The lowest BCUT2D eigenvalue weighted by molar-refractivity contribution is 0.0987. The highest BCUT2D eigenvalue weighted by Gasteiger charge is 2.34. The molecule has 1 heterocycles. The molecule has 0 saturated heterocycles. The van der Waals surface area contributed by atoms with E-state index in [0.717, 1.165) is 34.3 Å². The van der Waals surface area contributed by atoms with E-state index in [0.29, 0.717) is 5.02 Å². The Hall–Kier alpha value is -0.770. The molecule has 0 bridgehead atoms. The zero-order valence-electron chi connectivity index (χ0n) is 12.5. The molecule has 112 valence electrons. The van der Waals surface area contributed by atoms with Crippen molar-refractivity contribution in [3.05, 3.63) is 50.7 Å². The van der Waals surface area contributed by atoms with Gasteiger partial charge in [-0.25, -0.2) is 0 Å². The molecule has 21 heavy (non-hydrogen) atoms. The fourth-order valence-corrected chi connectivity index (χ4v) is 3.96. The molecule has 0 saturated carbocycles. The van der Waals surface area contributed by atoms with Crippen LogP contribution in [0.3, 0.4) is 0 Å². The average Bonchev–Trinajstić information content (AvgIpc) is 2.69. The van der Waals surface area contributed by atoms with E-state index in [-0.39, 0.29) is 11.5 Å². The van der Waals surface area contributed by atoms with Gasteiger partial charge in [-0.2, -0.15) is 0 Å². The van der Waals surface area contributed by atoms with E-state index >= 15 is 0 Å². The molecule has 1 aliphatic carbocycles. The Balaban J connectivity index is 2.24. The molecule has 1 aromatic carbocycles. The number of hydrogen-bond donors (Lipinski definition) is 1. The van der Waals surface area contributed by atoms with Crippen LogP contribution < -0.4 is 0 Å². The van der Waals surface area contributed by atoms with Gasteiger partial charge in [-0.3, -0.25) is 0 Å². The number of benzene rings is 1. The summed E-state index contributed by atoms with van der Waals surface area (Å²) < 4.78 is 3.11. The Bertz CT molecular complexity index is 705. The second-order valence-electron chi connectivity index (χ2n) is 6.66. The highest BCUT2D eigenvalue weighted by Crippen LogP contribution is 2.43. The smallest absolute Gasteiger partial charge is 0.0812 e. The predicted molar refractivity (Wildman–Crippen MR) is 90.3 cm³/mol. The van der Waals surface area contributed by atoms with Crippen LogP contribution in [0.4, 0.5) is 0 Å². The van der Waals surface area contributed by atoms with Gasteiger partial charge in [0.1, 0.15) is 0 Å². The topological polar surface area (TPSA) is 25.2 Å². The van der Waals surface area contributed by atoms with E-state index in [4.69, 9.17) is 11.6 Å². The number of aliphatic hydroxyl groups excluding tert-OH is 1.